The second-order valence-corrected chi connectivity index (χ2v) is 5.76. The van der Waals surface area contributed by atoms with Crippen molar-refractivity contribution in [1.82, 2.24) is 0 Å². The molecule has 0 aromatic heterocycles. The van der Waals surface area contributed by atoms with Gasteiger partial charge in [0.05, 0.1) is 0 Å². The Kier molecular flexibility index (Phi) is 4.65. The number of anilines is 1. The third-order valence-electron chi connectivity index (χ3n) is 2.92. The highest BCUT2D eigenvalue weighted by molar-refractivity contribution is 9.10. The van der Waals surface area contributed by atoms with Crippen LogP contribution in [0.3, 0.4) is 0 Å². The van der Waals surface area contributed by atoms with Crippen LogP contribution in [-0.4, -0.2) is 11.8 Å². The van der Waals surface area contributed by atoms with Crippen molar-refractivity contribution in [3.8, 4) is 0 Å². The number of halogens is 2. The summed E-state index contributed by atoms with van der Waals surface area (Å²) >= 11 is 9.03. The summed E-state index contributed by atoms with van der Waals surface area (Å²) in [7, 11) is 0. The summed E-state index contributed by atoms with van der Waals surface area (Å²) in [5.74, 6) is -1.56. The molecule has 0 radical (unpaired) electrons. The zero-order valence-corrected chi connectivity index (χ0v) is 13.1. The van der Waals surface area contributed by atoms with Crippen molar-refractivity contribution in [3.05, 3.63) is 62.6 Å². The van der Waals surface area contributed by atoms with E-state index in [9.17, 15) is 14.7 Å². The number of ketones is 1. The number of carboxylic acids is 1. The number of carboxylic acid groups (broad SMARTS) is 1. The van der Waals surface area contributed by atoms with Crippen LogP contribution in [0.4, 0.5) is 5.69 Å². The minimum absolute atomic E-state index is 0.141. The van der Waals surface area contributed by atoms with Gasteiger partial charge in [-0.1, -0.05) is 27.5 Å². The zero-order chi connectivity index (χ0) is 15.6. The molecule has 2 N–H and O–H groups in total. The molecule has 6 heteroatoms. The van der Waals surface area contributed by atoms with Gasteiger partial charge in [0.15, 0.2) is 5.78 Å². The van der Waals surface area contributed by atoms with Gasteiger partial charge in [-0.25, -0.2) is 0 Å². The van der Waals surface area contributed by atoms with Crippen LogP contribution in [0, 0.1) is 0 Å². The molecule has 4 nitrogen and oxygen atoms in total. The predicted molar refractivity (Wildman–Crippen MR) is 82.1 cm³/mol. The summed E-state index contributed by atoms with van der Waals surface area (Å²) in [5, 5.41) is 11.3. The van der Waals surface area contributed by atoms with Crippen LogP contribution < -0.4 is 10.8 Å². The minimum atomic E-state index is -1.26. The van der Waals surface area contributed by atoms with Crippen LogP contribution in [0.2, 0.25) is 5.02 Å². The van der Waals surface area contributed by atoms with Gasteiger partial charge in [-0.3, -0.25) is 4.79 Å². The third kappa shape index (κ3) is 3.62. The van der Waals surface area contributed by atoms with Crippen molar-refractivity contribution in [2.75, 3.05) is 5.73 Å². The summed E-state index contributed by atoms with van der Waals surface area (Å²) in [6, 6.07) is 9.50. The molecule has 0 unspecified atom stereocenters. The highest BCUT2D eigenvalue weighted by Crippen LogP contribution is 2.26. The number of nitrogens with two attached hydrogens (primary N) is 1. The van der Waals surface area contributed by atoms with Crippen LogP contribution in [0.25, 0.3) is 0 Å². The standard InChI is InChI=1S/C15H11BrClNO3/c16-10-5-9(6-13(19)20)14(18)12(7-10)15(21)8-1-3-11(17)4-2-8/h1-5,7H,6,18H2,(H,19,20)/p-1. The minimum Gasteiger partial charge on any atom is -0.550 e. The number of nitrogen functional groups attached to an aromatic ring is 1. The van der Waals surface area contributed by atoms with E-state index >= 15 is 0 Å². The number of aliphatic carboxylic acids is 1. The Morgan fingerprint density at radius 3 is 2.38 bits per heavy atom. The average Bonchev–Trinajstić information content (AvgIpc) is 2.42. The Hall–Kier alpha value is -1.85. The molecule has 0 aliphatic heterocycles. The molecule has 0 aliphatic carbocycles. The first kappa shape index (κ1) is 15.5. The van der Waals surface area contributed by atoms with Gasteiger partial charge in [0.2, 0.25) is 0 Å². The number of hydrogen-bond acceptors (Lipinski definition) is 4. The van der Waals surface area contributed by atoms with Gasteiger partial charge >= 0.3 is 0 Å². The van der Waals surface area contributed by atoms with E-state index in [1.807, 2.05) is 0 Å². The fraction of sp³-hybridized carbons (Fsp3) is 0.0667. The molecule has 2 aromatic carbocycles. The topological polar surface area (TPSA) is 83.2 Å². The smallest absolute Gasteiger partial charge is 0.195 e. The molecule has 0 heterocycles. The van der Waals surface area contributed by atoms with E-state index < -0.39 is 5.97 Å². The molecular formula is C15H10BrClNO3-. The van der Waals surface area contributed by atoms with Gasteiger partial charge in [-0.05, 0) is 42.0 Å². The normalized spacial score (nSPS) is 10.4. The molecule has 2 aromatic rings. The van der Waals surface area contributed by atoms with E-state index in [0.717, 1.165) is 0 Å². The second-order valence-electron chi connectivity index (χ2n) is 4.41. The highest BCUT2D eigenvalue weighted by atomic mass is 79.9. The van der Waals surface area contributed by atoms with Gasteiger partial charge in [0.1, 0.15) is 0 Å². The van der Waals surface area contributed by atoms with Crippen molar-refractivity contribution in [2.45, 2.75) is 6.42 Å². The lowest BCUT2D eigenvalue weighted by Gasteiger charge is -2.12. The van der Waals surface area contributed by atoms with E-state index in [-0.39, 0.29) is 23.5 Å². The van der Waals surface area contributed by atoms with E-state index in [1.165, 1.54) is 0 Å². The molecule has 0 saturated carbocycles. The predicted octanol–water partition coefficient (Wildman–Crippen LogP) is 2.21. The van der Waals surface area contributed by atoms with Crippen LogP contribution in [0.15, 0.2) is 40.9 Å². The second kappa shape index (κ2) is 6.28. The fourth-order valence-electron chi connectivity index (χ4n) is 1.92. The first-order chi connectivity index (χ1) is 9.88. The molecule has 0 amide bonds. The van der Waals surface area contributed by atoms with Gasteiger partial charge in [-0.2, -0.15) is 0 Å². The van der Waals surface area contributed by atoms with Gasteiger partial charge < -0.3 is 15.6 Å². The lowest BCUT2D eigenvalue weighted by molar-refractivity contribution is -0.304. The first-order valence-electron chi connectivity index (χ1n) is 5.96. The maximum absolute atomic E-state index is 12.5. The van der Waals surface area contributed by atoms with E-state index in [2.05, 4.69) is 15.9 Å². The van der Waals surface area contributed by atoms with E-state index in [0.29, 0.717) is 20.6 Å². The van der Waals surface area contributed by atoms with Crippen molar-refractivity contribution < 1.29 is 14.7 Å². The highest BCUT2D eigenvalue weighted by Gasteiger charge is 2.16. The number of rotatable bonds is 4. The number of carbonyl (C=O) groups is 2. The molecule has 0 saturated heterocycles. The molecule has 0 spiro atoms. The Labute approximate surface area is 134 Å². The molecule has 0 aliphatic rings. The third-order valence-corrected chi connectivity index (χ3v) is 3.63. The SMILES string of the molecule is Nc1c(CC(=O)[O-])cc(Br)cc1C(=O)c1ccc(Cl)cc1. The number of carbonyl (C=O) groups excluding carboxylic acids is 2. The van der Waals surface area contributed by atoms with Gasteiger partial charge in [0, 0.05) is 38.7 Å². The van der Waals surface area contributed by atoms with Crippen LogP contribution in [-0.2, 0) is 11.2 Å². The molecule has 0 bridgehead atoms. The van der Waals surface area contributed by atoms with Crippen molar-refractivity contribution in [3.63, 3.8) is 0 Å². The van der Waals surface area contributed by atoms with Crippen molar-refractivity contribution >= 4 is 45.0 Å². The summed E-state index contributed by atoms with van der Waals surface area (Å²) in [6.07, 6.45) is -0.355. The summed E-state index contributed by atoms with van der Waals surface area (Å²) in [6.45, 7) is 0. The molecule has 21 heavy (non-hydrogen) atoms. The lowest BCUT2D eigenvalue weighted by Crippen LogP contribution is -2.25. The Morgan fingerprint density at radius 1 is 1.19 bits per heavy atom. The summed E-state index contributed by atoms with van der Waals surface area (Å²) in [5.41, 5.74) is 7.04. The number of hydrogen-bond donors (Lipinski definition) is 1. The number of benzene rings is 2. The van der Waals surface area contributed by atoms with E-state index in [1.54, 1.807) is 36.4 Å². The molecule has 2 rings (SSSR count). The van der Waals surface area contributed by atoms with Crippen LogP contribution in [0.5, 0.6) is 0 Å². The Bertz CT molecular complexity index is 714. The lowest BCUT2D eigenvalue weighted by atomic mass is 9.98. The molecular weight excluding hydrogens is 358 g/mol. The van der Waals surface area contributed by atoms with Gasteiger partial charge in [-0.15, -0.1) is 0 Å². The maximum atomic E-state index is 12.5. The molecule has 0 fully saturated rings. The monoisotopic (exact) mass is 366 g/mol. The Balaban J connectivity index is 2.47. The van der Waals surface area contributed by atoms with E-state index in [4.69, 9.17) is 17.3 Å². The first-order valence-corrected chi connectivity index (χ1v) is 7.13. The quantitative estimate of drug-likeness (QED) is 0.663. The summed E-state index contributed by atoms with van der Waals surface area (Å²) < 4.78 is 0.574. The van der Waals surface area contributed by atoms with Crippen molar-refractivity contribution in [1.29, 1.82) is 0 Å². The zero-order valence-electron chi connectivity index (χ0n) is 10.7. The average molecular weight is 368 g/mol. The van der Waals surface area contributed by atoms with Gasteiger partial charge in [0.25, 0.3) is 0 Å². The van der Waals surface area contributed by atoms with Crippen molar-refractivity contribution in [2.24, 2.45) is 0 Å². The molecule has 0 atom stereocenters. The fourth-order valence-corrected chi connectivity index (χ4v) is 2.55. The summed E-state index contributed by atoms with van der Waals surface area (Å²) in [4.78, 5) is 23.2. The van der Waals surface area contributed by atoms with Crippen LogP contribution in [0.1, 0.15) is 21.5 Å². The Morgan fingerprint density at radius 2 is 1.81 bits per heavy atom. The largest absolute Gasteiger partial charge is 0.550 e. The maximum Gasteiger partial charge on any atom is 0.195 e. The van der Waals surface area contributed by atoms with Crippen LogP contribution >= 0.6 is 27.5 Å². The molecule has 108 valence electrons.